The number of ether oxygens (including phenoxy) is 1. The van der Waals surface area contributed by atoms with E-state index in [4.69, 9.17) is 15.3 Å². The highest BCUT2D eigenvalue weighted by Crippen LogP contribution is 2.05. The van der Waals surface area contributed by atoms with Gasteiger partial charge in [-0.2, -0.15) is 0 Å². The first-order valence-electron chi connectivity index (χ1n) is 4.75. The number of carbonyl (C=O) groups excluding carboxylic acids is 1. The van der Waals surface area contributed by atoms with Gasteiger partial charge in [0, 0.05) is 13.0 Å². The first-order valence-corrected chi connectivity index (χ1v) is 4.75. The quantitative estimate of drug-likeness (QED) is 0.304. The minimum Gasteiger partial charge on any atom is -0.434 e. The van der Waals surface area contributed by atoms with Crippen LogP contribution in [0, 0.1) is 0 Å². The second kappa shape index (κ2) is 7.73. The highest BCUT2D eigenvalue weighted by molar-refractivity contribution is 5.73. The smallest absolute Gasteiger partial charge is 0.336 e. The van der Waals surface area contributed by atoms with E-state index < -0.39 is 18.4 Å². The lowest BCUT2D eigenvalue weighted by Gasteiger charge is -2.12. The molecule has 0 aliphatic rings. The Kier molecular flexibility index (Phi) is 7.37. The molecule has 0 heterocycles. The molecule has 0 fully saturated rings. The van der Waals surface area contributed by atoms with Gasteiger partial charge in [-0.15, -0.1) is 0 Å². The van der Waals surface area contributed by atoms with Crippen molar-refractivity contribution in [2.75, 3.05) is 6.61 Å². The third kappa shape index (κ3) is 6.82. The number of carbonyl (C=O) groups is 1. The highest BCUT2D eigenvalue weighted by Gasteiger charge is 2.14. The van der Waals surface area contributed by atoms with Crippen molar-refractivity contribution in [2.45, 2.75) is 45.0 Å². The van der Waals surface area contributed by atoms with Crippen LogP contribution >= 0.6 is 0 Å². The largest absolute Gasteiger partial charge is 0.434 e. The Morgan fingerprint density at radius 1 is 1.29 bits per heavy atom. The molecule has 0 aliphatic heterocycles. The minimum absolute atomic E-state index is 0.129. The summed E-state index contributed by atoms with van der Waals surface area (Å²) in [6.45, 7) is 1.41. The van der Waals surface area contributed by atoms with Crippen LogP contribution < -0.4 is 0 Å². The van der Waals surface area contributed by atoms with Gasteiger partial charge in [-0.05, 0) is 19.8 Å². The molecule has 5 heteroatoms. The lowest BCUT2D eigenvalue weighted by molar-refractivity contribution is -0.177. The molecule has 0 aromatic rings. The summed E-state index contributed by atoms with van der Waals surface area (Å²) < 4.78 is 4.50. The van der Waals surface area contributed by atoms with Crippen LogP contribution in [-0.4, -0.2) is 40.3 Å². The number of rotatable bonds is 7. The normalized spacial score (nSPS) is 14.9. The van der Waals surface area contributed by atoms with Crippen LogP contribution in [0.5, 0.6) is 0 Å². The van der Waals surface area contributed by atoms with Crippen LogP contribution in [0.15, 0.2) is 0 Å². The van der Waals surface area contributed by atoms with E-state index in [9.17, 15) is 4.79 Å². The Morgan fingerprint density at radius 3 is 2.43 bits per heavy atom. The van der Waals surface area contributed by atoms with Gasteiger partial charge in [0.1, 0.15) is 6.10 Å². The highest BCUT2D eigenvalue weighted by atomic mass is 16.6. The molecule has 14 heavy (non-hydrogen) atoms. The van der Waals surface area contributed by atoms with Gasteiger partial charge in [0.2, 0.25) is 6.29 Å². The Hall–Kier alpha value is -0.650. The molecule has 0 saturated heterocycles. The molecule has 2 unspecified atom stereocenters. The fourth-order valence-corrected chi connectivity index (χ4v) is 0.899. The summed E-state index contributed by atoms with van der Waals surface area (Å²) in [6, 6.07) is 0. The number of hydrogen-bond acceptors (Lipinski definition) is 5. The summed E-state index contributed by atoms with van der Waals surface area (Å²) in [7, 11) is 0. The van der Waals surface area contributed by atoms with E-state index in [-0.39, 0.29) is 6.61 Å². The monoisotopic (exact) mass is 206 g/mol. The van der Waals surface area contributed by atoms with Crippen LogP contribution in [0.4, 0.5) is 0 Å². The summed E-state index contributed by atoms with van der Waals surface area (Å²) in [6.07, 6.45) is 0.0994. The van der Waals surface area contributed by atoms with E-state index >= 15 is 0 Å². The second-order valence-corrected chi connectivity index (χ2v) is 3.14. The van der Waals surface area contributed by atoms with Crippen molar-refractivity contribution in [3.05, 3.63) is 0 Å². The first kappa shape index (κ1) is 13.4. The molecule has 0 aromatic carbocycles. The summed E-state index contributed by atoms with van der Waals surface area (Å²) >= 11 is 0. The van der Waals surface area contributed by atoms with E-state index in [1.807, 2.05) is 0 Å². The maximum atomic E-state index is 10.8. The van der Waals surface area contributed by atoms with E-state index in [0.29, 0.717) is 19.3 Å². The van der Waals surface area contributed by atoms with Gasteiger partial charge in [-0.3, -0.25) is 0 Å². The molecule has 0 aromatic heterocycles. The topological polar surface area (TPSA) is 87.0 Å². The van der Waals surface area contributed by atoms with Gasteiger partial charge < -0.3 is 20.1 Å². The third-order valence-electron chi connectivity index (χ3n) is 1.70. The average Bonchev–Trinajstić information content (AvgIpc) is 2.12. The average molecular weight is 206 g/mol. The minimum atomic E-state index is -1.21. The predicted octanol–water partition coefficient (Wildman–Crippen LogP) is -0.219. The van der Waals surface area contributed by atoms with Crippen LogP contribution in [-0.2, 0) is 9.53 Å². The van der Waals surface area contributed by atoms with Crippen molar-refractivity contribution in [3.8, 4) is 0 Å². The van der Waals surface area contributed by atoms with E-state index in [1.165, 1.54) is 6.92 Å². The van der Waals surface area contributed by atoms with Crippen LogP contribution in [0.3, 0.4) is 0 Å². The van der Waals surface area contributed by atoms with Gasteiger partial charge in [-0.1, -0.05) is 6.42 Å². The molecule has 84 valence electrons. The molecule has 0 amide bonds. The van der Waals surface area contributed by atoms with Crippen molar-refractivity contribution >= 4 is 5.97 Å². The molecule has 2 atom stereocenters. The molecule has 3 N–H and O–H groups in total. The second-order valence-electron chi connectivity index (χ2n) is 3.14. The fraction of sp³-hybridized carbons (Fsp3) is 0.889. The van der Waals surface area contributed by atoms with Crippen LogP contribution in [0.25, 0.3) is 0 Å². The van der Waals surface area contributed by atoms with E-state index in [0.717, 1.165) is 6.42 Å². The number of hydrogen-bond donors (Lipinski definition) is 3. The number of unbranched alkanes of at least 4 members (excludes halogenated alkanes) is 2. The summed E-state index contributed by atoms with van der Waals surface area (Å²) in [5.41, 5.74) is 0. The van der Waals surface area contributed by atoms with E-state index in [2.05, 4.69) is 4.74 Å². The molecule has 0 bridgehead atoms. The zero-order chi connectivity index (χ0) is 11.0. The predicted molar refractivity (Wildman–Crippen MR) is 49.3 cm³/mol. The number of esters is 1. The summed E-state index contributed by atoms with van der Waals surface area (Å²) in [5, 5.41) is 26.4. The molecule has 0 spiro atoms. The molecule has 0 rings (SSSR count). The molecule has 0 radical (unpaired) electrons. The van der Waals surface area contributed by atoms with E-state index in [1.54, 1.807) is 0 Å². The third-order valence-corrected chi connectivity index (χ3v) is 1.70. The molecule has 0 aliphatic carbocycles. The lowest BCUT2D eigenvalue weighted by atomic mass is 10.2. The van der Waals surface area contributed by atoms with Crippen LogP contribution in [0.1, 0.15) is 32.6 Å². The van der Waals surface area contributed by atoms with Gasteiger partial charge >= 0.3 is 5.97 Å². The first-order chi connectivity index (χ1) is 6.57. The Labute approximate surface area is 83.3 Å². The number of aliphatic hydroxyl groups is 3. The maximum Gasteiger partial charge on any atom is 0.336 e. The van der Waals surface area contributed by atoms with Crippen molar-refractivity contribution in [1.29, 1.82) is 0 Å². The lowest BCUT2D eigenvalue weighted by Crippen LogP contribution is -2.25. The van der Waals surface area contributed by atoms with Gasteiger partial charge in [-0.25, -0.2) is 4.79 Å². The van der Waals surface area contributed by atoms with Gasteiger partial charge in [0.25, 0.3) is 0 Å². The zero-order valence-corrected chi connectivity index (χ0v) is 8.35. The van der Waals surface area contributed by atoms with Gasteiger partial charge in [0.05, 0.1) is 0 Å². The molecular formula is C9H18O5. The Morgan fingerprint density at radius 2 is 1.93 bits per heavy atom. The van der Waals surface area contributed by atoms with Gasteiger partial charge in [0.15, 0.2) is 0 Å². The van der Waals surface area contributed by atoms with Crippen molar-refractivity contribution in [3.63, 3.8) is 0 Å². The molecule has 5 nitrogen and oxygen atoms in total. The molecule has 0 saturated carbocycles. The fourth-order valence-electron chi connectivity index (χ4n) is 0.899. The Bertz CT molecular complexity index is 157. The summed E-state index contributed by atoms with van der Waals surface area (Å²) in [4.78, 5) is 10.8. The SMILES string of the molecule is CC(O)C(=O)OC(O)CCCCCO. The van der Waals surface area contributed by atoms with Crippen molar-refractivity contribution in [2.24, 2.45) is 0 Å². The zero-order valence-electron chi connectivity index (χ0n) is 8.35. The van der Waals surface area contributed by atoms with Crippen molar-refractivity contribution in [1.82, 2.24) is 0 Å². The van der Waals surface area contributed by atoms with Crippen molar-refractivity contribution < 1.29 is 24.9 Å². The van der Waals surface area contributed by atoms with Crippen LogP contribution in [0.2, 0.25) is 0 Å². The summed E-state index contributed by atoms with van der Waals surface area (Å²) in [5.74, 6) is -0.820. The number of aliphatic hydroxyl groups excluding tert-OH is 3. The maximum absolute atomic E-state index is 10.8. The molecular weight excluding hydrogens is 188 g/mol. The standard InChI is InChI=1S/C9H18O5/c1-7(11)9(13)14-8(12)5-3-2-4-6-10/h7-8,10-12H,2-6H2,1H3. The Balaban J connectivity index is 3.45.